The van der Waals surface area contributed by atoms with Crippen LogP contribution in [0, 0.1) is 5.92 Å². The highest BCUT2D eigenvalue weighted by molar-refractivity contribution is 6.04. The molecule has 0 aliphatic carbocycles. The van der Waals surface area contributed by atoms with Gasteiger partial charge in [0.15, 0.2) is 11.5 Å². The molecule has 0 unspecified atom stereocenters. The van der Waals surface area contributed by atoms with Crippen molar-refractivity contribution < 1.29 is 4.79 Å². The maximum absolute atomic E-state index is 13.1. The third kappa shape index (κ3) is 3.63. The number of aryl methyl sites for hydroxylation is 1. The first-order valence-electron chi connectivity index (χ1n) is 10.4. The van der Waals surface area contributed by atoms with E-state index in [4.69, 9.17) is 0 Å². The third-order valence-electron chi connectivity index (χ3n) is 5.88. The number of amides is 1. The SMILES string of the molecule is Cn1nc(C(=O)N2CCC(Cn3nc(-n4cccn4)ccc3=O)CC2)c2ccccc21. The van der Waals surface area contributed by atoms with Crippen molar-refractivity contribution >= 4 is 16.8 Å². The van der Waals surface area contributed by atoms with Gasteiger partial charge in [0.1, 0.15) is 0 Å². The Labute approximate surface area is 178 Å². The first kappa shape index (κ1) is 19.2. The first-order chi connectivity index (χ1) is 15.1. The Morgan fingerprint density at radius 3 is 2.65 bits per heavy atom. The fraction of sp³-hybridized carbons (Fsp3) is 0.318. The fourth-order valence-electron chi connectivity index (χ4n) is 4.18. The zero-order valence-electron chi connectivity index (χ0n) is 17.3. The Bertz CT molecular complexity index is 1280. The lowest BCUT2D eigenvalue weighted by atomic mass is 9.96. The molecule has 1 saturated heterocycles. The lowest BCUT2D eigenvalue weighted by Gasteiger charge is -2.31. The molecular weight excluding hydrogens is 394 g/mol. The zero-order valence-corrected chi connectivity index (χ0v) is 17.3. The summed E-state index contributed by atoms with van der Waals surface area (Å²) in [5.74, 6) is 0.855. The van der Waals surface area contributed by atoms with E-state index in [0.29, 0.717) is 31.1 Å². The molecule has 0 bridgehead atoms. The summed E-state index contributed by atoms with van der Waals surface area (Å²) in [4.78, 5) is 27.3. The van der Waals surface area contributed by atoms with Crippen molar-refractivity contribution in [3.63, 3.8) is 0 Å². The second-order valence-electron chi connectivity index (χ2n) is 7.89. The summed E-state index contributed by atoms with van der Waals surface area (Å²) in [6.07, 6.45) is 5.10. The summed E-state index contributed by atoms with van der Waals surface area (Å²) in [6.45, 7) is 1.81. The number of fused-ring (bicyclic) bond motifs is 1. The van der Waals surface area contributed by atoms with Crippen molar-refractivity contribution in [1.82, 2.24) is 34.2 Å². The van der Waals surface area contributed by atoms with Crippen LogP contribution in [0.25, 0.3) is 16.7 Å². The van der Waals surface area contributed by atoms with Crippen molar-refractivity contribution in [1.29, 1.82) is 0 Å². The lowest BCUT2D eigenvalue weighted by Crippen LogP contribution is -2.40. The van der Waals surface area contributed by atoms with Gasteiger partial charge in [0.25, 0.3) is 11.5 Å². The number of hydrogen-bond donors (Lipinski definition) is 0. The zero-order chi connectivity index (χ0) is 21.4. The molecule has 0 saturated carbocycles. The quantitative estimate of drug-likeness (QED) is 0.506. The molecule has 1 aliphatic heterocycles. The number of nitrogens with zero attached hydrogens (tertiary/aromatic N) is 7. The Kier molecular flexibility index (Phi) is 4.85. The number of rotatable bonds is 4. The average Bonchev–Trinajstić information content (AvgIpc) is 3.44. The molecule has 1 aromatic carbocycles. The topological polar surface area (TPSA) is 90.8 Å². The van der Waals surface area contributed by atoms with E-state index < -0.39 is 0 Å². The van der Waals surface area contributed by atoms with Gasteiger partial charge in [0.05, 0.1) is 5.52 Å². The van der Waals surface area contributed by atoms with E-state index in [1.807, 2.05) is 42.3 Å². The van der Waals surface area contributed by atoms with Crippen molar-refractivity contribution in [2.75, 3.05) is 13.1 Å². The van der Waals surface area contributed by atoms with Crippen LogP contribution >= 0.6 is 0 Å². The monoisotopic (exact) mass is 417 g/mol. The smallest absolute Gasteiger partial charge is 0.275 e. The fourth-order valence-corrected chi connectivity index (χ4v) is 4.18. The van der Waals surface area contributed by atoms with Crippen LogP contribution < -0.4 is 5.56 Å². The normalized spacial score (nSPS) is 14.9. The van der Waals surface area contributed by atoms with Gasteiger partial charge in [0, 0.05) is 50.5 Å². The standard InChI is InChI=1S/C22H23N7O2/c1-26-18-6-3-2-5-17(18)21(25-26)22(31)27-13-9-16(10-14-27)15-29-20(30)8-7-19(24-29)28-12-4-11-23-28/h2-8,11-12,16H,9-10,13-15H2,1H3. The average molecular weight is 417 g/mol. The number of piperidine rings is 1. The maximum atomic E-state index is 13.1. The first-order valence-corrected chi connectivity index (χ1v) is 10.4. The number of likely N-dealkylation sites (tertiary alicyclic amines) is 1. The van der Waals surface area contributed by atoms with Gasteiger partial charge in [-0.25, -0.2) is 9.36 Å². The van der Waals surface area contributed by atoms with Crippen LogP contribution in [0.4, 0.5) is 0 Å². The molecule has 4 heterocycles. The van der Waals surface area contributed by atoms with E-state index >= 15 is 0 Å². The highest BCUT2D eigenvalue weighted by Crippen LogP contribution is 2.23. The summed E-state index contributed by atoms with van der Waals surface area (Å²) in [7, 11) is 1.85. The van der Waals surface area contributed by atoms with Gasteiger partial charge in [-0.2, -0.15) is 10.2 Å². The van der Waals surface area contributed by atoms with E-state index in [2.05, 4.69) is 15.3 Å². The number of benzene rings is 1. The summed E-state index contributed by atoms with van der Waals surface area (Å²) < 4.78 is 4.89. The largest absolute Gasteiger partial charge is 0.337 e. The number of carbonyl (C=O) groups excluding carboxylic acids is 1. The van der Waals surface area contributed by atoms with Crippen LogP contribution in [0.3, 0.4) is 0 Å². The number of aromatic nitrogens is 6. The second kappa shape index (κ2) is 7.82. The third-order valence-corrected chi connectivity index (χ3v) is 5.88. The van der Waals surface area contributed by atoms with E-state index in [-0.39, 0.29) is 17.4 Å². The molecule has 1 fully saturated rings. The van der Waals surface area contributed by atoms with Gasteiger partial charge in [-0.1, -0.05) is 18.2 Å². The van der Waals surface area contributed by atoms with Gasteiger partial charge in [0.2, 0.25) is 0 Å². The van der Waals surface area contributed by atoms with E-state index in [1.165, 1.54) is 10.7 Å². The molecule has 0 spiro atoms. The lowest BCUT2D eigenvalue weighted by molar-refractivity contribution is 0.0675. The molecule has 0 radical (unpaired) electrons. The Hall–Kier alpha value is -3.75. The molecule has 158 valence electrons. The summed E-state index contributed by atoms with van der Waals surface area (Å²) in [6, 6.07) is 12.8. The molecule has 4 aromatic rings. The molecule has 31 heavy (non-hydrogen) atoms. The van der Waals surface area contributed by atoms with E-state index in [0.717, 1.165) is 23.7 Å². The van der Waals surface area contributed by atoms with Gasteiger partial charge >= 0.3 is 0 Å². The van der Waals surface area contributed by atoms with Gasteiger partial charge < -0.3 is 4.90 Å². The number of para-hydroxylation sites is 1. The molecule has 3 aromatic heterocycles. The Morgan fingerprint density at radius 2 is 1.87 bits per heavy atom. The molecule has 1 amide bonds. The highest BCUT2D eigenvalue weighted by Gasteiger charge is 2.27. The van der Waals surface area contributed by atoms with Crippen LogP contribution in [0.15, 0.2) is 59.7 Å². The van der Waals surface area contributed by atoms with Crippen molar-refractivity contribution in [2.45, 2.75) is 19.4 Å². The maximum Gasteiger partial charge on any atom is 0.275 e. The molecule has 5 rings (SSSR count). The molecule has 0 N–H and O–H groups in total. The second-order valence-corrected chi connectivity index (χ2v) is 7.89. The minimum atomic E-state index is -0.130. The Balaban J connectivity index is 1.27. The molecule has 9 heteroatoms. The van der Waals surface area contributed by atoms with Crippen LogP contribution in [-0.4, -0.2) is 53.2 Å². The minimum absolute atomic E-state index is 0.0359. The molecular formula is C22H23N7O2. The van der Waals surface area contributed by atoms with Gasteiger partial charge in [-0.15, -0.1) is 5.10 Å². The van der Waals surface area contributed by atoms with Crippen LogP contribution in [0.5, 0.6) is 0 Å². The van der Waals surface area contributed by atoms with Crippen molar-refractivity contribution in [3.8, 4) is 5.82 Å². The van der Waals surface area contributed by atoms with Crippen molar-refractivity contribution in [3.05, 3.63) is 70.9 Å². The molecule has 9 nitrogen and oxygen atoms in total. The highest BCUT2D eigenvalue weighted by atomic mass is 16.2. The van der Waals surface area contributed by atoms with E-state index in [9.17, 15) is 9.59 Å². The van der Waals surface area contributed by atoms with Gasteiger partial charge in [-0.3, -0.25) is 14.3 Å². The summed E-state index contributed by atoms with van der Waals surface area (Å²) >= 11 is 0. The predicted octanol–water partition coefficient (Wildman–Crippen LogP) is 1.87. The molecule has 0 atom stereocenters. The van der Waals surface area contributed by atoms with Crippen LogP contribution in [-0.2, 0) is 13.6 Å². The van der Waals surface area contributed by atoms with Crippen LogP contribution in [0.1, 0.15) is 23.3 Å². The summed E-state index contributed by atoms with van der Waals surface area (Å²) in [5.41, 5.74) is 1.32. The minimum Gasteiger partial charge on any atom is -0.337 e. The van der Waals surface area contributed by atoms with Gasteiger partial charge in [-0.05, 0) is 37.0 Å². The number of hydrogen-bond acceptors (Lipinski definition) is 5. The Morgan fingerprint density at radius 1 is 1.06 bits per heavy atom. The number of carbonyl (C=O) groups is 1. The van der Waals surface area contributed by atoms with Crippen LogP contribution in [0.2, 0.25) is 0 Å². The van der Waals surface area contributed by atoms with E-state index in [1.54, 1.807) is 27.8 Å². The molecule has 1 aliphatic rings. The summed E-state index contributed by atoms with van der Waals surface area (Å²) in [5, 5.41) is 14.0. The predicted molar refractivity (Wildman–Crippen MR) is 115 cm³/mol. The van der Waals surface area contributed by atoms with Crippen molar-refractivity contribution in [2.24, 2.45) is 13.0 Å².